The lowest BCUT2D eigenvalue weighted by atomic mass is 9.93. The van der Waals surface area contributed by atoms with Gasteiger partial charge in [-0.1, -0.05) is 30.3 Å². The third kappa shape index (κ3) is 3.75. The fourth-order valence-corrected chi connectivity index (χ4v) is 3.68. The van der Waals surface area contributed by atoms with E-state index < -0.39 is 5.97 Å². The van der Waals surface area contributed by atoms with Crippen LogP contribution in [0.2, 0.25) is 0 Å². The lowest BCUT2D eigenvalue weighted by Crippen LogP contribution is -2.44. The topological polar surface area (TPSA) is 53.0 Å². The van der Waals surface area contributed by atoms with Crippen LogP contribution in [0.4, 0.5) is 0 Å². The molecule has 5 nitrogen and oxygen atoms in total. The Balaban J connectivity index is 1.75. The smallest absolute Gasteiger partial charge is 0.335 e. The lowest BCUT2D eigenvalue weighted by molar-refractivity contribution is 0.0697. The molecule has 0 aromatic heterocycles. The highest BCUT2D eigenvalue weighted by Crippen LogP contribution is 2.37. The normalized spacial score (nSPS) is 19.1. The van der Waals surface area contributed by atoms with Crippen LogP contribution in [-0.4, -0.2) is 60.6 Å². The highest BCUT2D eigenvalue weighted by atomic mass is 16.5. The quantitative estimate of drug-likeness (QED) is 0.908. The second kappa shape index (κ2) is 7.55. The molecule has 4 rings (SSSR count). The Morgan fingerprint density at radius 1 is 1.11 bits per heavy atom. The van der Waals surface area contributed by atoms with Crippen molar-refractivity contribution in [3.8, 4) is 5.75 Å². The molecule has 2 aromatic carbocycles. The predicted octanol–water partition coefficient (Wildman–Crippen LogP) is 2.96. The molecule has 2 heterocycles. The fraction of sp³-hybridized carbons (Fsp3) is 0.318. The van der Waals surface area contributed by atoms with E-state index >= 15 is 0 Å². The minimum atomic E-state index is -0.922. The lowest BCUT2D eigenvalue weighted by Gasteiger charge is -2.31. The number of nitrogens with zero attached hydrogens (tertiary/aromatic N) is 2. The number of ether oxygens (including phenoxy) is 1. The average molecular weight is 364 g/mol. The Labute approximate surface area is 159 Å². The number of rotatable bonds is 3. The molecule has 0 spiro atoms. The van der Waals surface area contributed by atoms with Crippen LogP contribution in [0.1, 0.15) is 27.0 Å². The van der Waals surface area contributed by atoms with Crippen molar-refractivity contribution in [3.05, 3.63) is 70.8 Å². The van der Waals surface area contributed by atoms with Gasteiger partial charge in [-0.15, -0.1) is 0 Å². The minimum Gasteiger partial charge on any atom is -0.488 e. The summed E-state index contributed by atoms with van der Waals surface area (Å²) in [6.07, 6.45) is 2.23. The third-order valence-corrected chi connectivity index (χ3v) is 5.36. The number of piperazine rings is 1. The van der Waals surface area contributed by atoms with E-state index in [1.807, 2.05) is 12.1 Å². The molecular formula is C22H24N2O3. The van der Waals surface area contributed by atoms with E-state index in [1.54, 1.807) is 18.2 Å². The van der Waals surface area contributed by atoms with Gasteiger partial charge in [0.15, 0.2) is 0 Å². The van der Waals surface area contributed by atoms with Crippen molar-refractivity contribution in [3.63, 3.8) is 0 Å². The number of fused-ring (bicyclic) bond motifs is 2. The maximum Gasteiger partial charge on any atom is 0.335 e. The van der Waals surface area contributed by atoms with Crippen molar-refractivity contribution in [1.29, 1.82) is 0 Å². The molecule has 0 atom stereocenters. The van der Waals surface area contributed by atoms with Crippen molar-refractivity contribution < 1.29 is 14.6 Å². The Morgan fingerprint density at radius 3 is 2.67 bits per heavy atom. The van der Waals surface area contributed by atoms with Crippen LogP contribution >= 0.6 is 0 Å². The van der Waals surface area contributed by atoms with Crippen LogP contribution in [0.15, 0.2) is 48.5 Å². The monoisotopic (exact) mass is 364 g/mol. The van der Waals surface area contributed by atoms with E-state index in [9.17, 15) is 9.90 Å². The van der Waals surface area contributed by atoms with E-state index in [4.69, 9.17) is 4.74 Å². The van der Waals surface area contributed by atoms with E-state index in [0.29, 0.717) is 6.61 Å². The first-order chi connectivity index (χ1) is 13.1. The van der Waals surface area contributed by atoms with Crippen molar-refractivity contribution in [1.82, 2.24) is 9.80 Å². The molecule has 2 aliphatic rings. The number of likely N-dealkylation sites (N-methyl/N-ethyl adjacent to an activating group) is 1. The van der Waals surface area contributed by atoms with Gasteiger partial charge >= 0.3 is 5.97 Å². The molecule has 0 aliphatic carbocycles. The second-order valence-corrected chi connectivity index (χ2v) is 7.18. The van der Waals surface area contributed by atoms with Crippen molar-refractivity contribution in [2.45, 2.75) is 6.61 Å². The van der Waals surface area contributed by atoms with Gasteiger partial charge in [0, 0.05) is 38.3 Å². The molecule has 5 heteroatoms. The van der Waals surface area contributed by atoms with Gasteiger partial charge < -0.3 is 14.7 Å². The molecule has 0 radical (unpaired) electrons. The Kier molecular flexibility index (Phi) is 4.97. The predicted molar refractivity (Wildman–Crippen MR) is 105 cm³/mol. The minimum absolute atomic E-state index is 0.280. The number of benzene rings is 2. The maximum atomic E-state index is 11.5. The zero-order chi connectivity index (χ0) is 18.8. The van der Waals surface area contributed by atoms with Gasteiger partial charge in [-0.25, -0.2) is 4.79 Å². The van der Waals surface area contributed by atoms with E-state index in [1.165, 1.54) is 0 Å². The first-order valence-electron chi connectivity index (χ1n) is 9.31. The molecule has 1 N–H and O–H groups in total. The SMILES string of the molecule is CN1CCN(C/C=C2/c3ccccc3COc3ccc(C(=O)O)cc32)CC1. The Bertz CT molecular complexity index is 883. The number of hydrogen-bond donors (Lipinski definition) is 1. The zero-order valence-corrected chi connectivity index (χ0v) is 15.5. The summed E-state index contributed by atoms with van der Waals surface area (Å²) < 4.78 is 5.99. The first-order valence-corrected chi connectivity index (χ1v) is 9.31. The van der Waals surface area contributed by atoms with Crippen molar-refractivity contribution in [2.24, 2.45) is 0 Å². The van der Waals surface area contributed by atoms with E-state index in [0.717, 1.165) is 60.7 Å². The van der Waals surface area contributed by atoms with Gasteiger partial charge in [0.25, 0.3) is 0 Å². The largest absolute Gasteiger partial charge is 0.488 e. The molecule has 1 fully saturated rings. The summed E-state index contributed by atoms with van der Waals surface area (Å²) in [5, 5.41) is 9.42. The van der Waals surface area contributed by atoms with Crippen molar-refractivity contribution >= 4 is 11.5 Å². The molecule has 2 aliphatic heterocycles. The maximum absolute atomic E-state index is 11.5. The van der Waals surface area contributed by atoms with Crippen LogP contribution in [-0.2, 0) is 6.61 Å². The summed E-state index contributed by atoms with van der Waals surface area (Å²) in [5.41, 5.74) is 4.43. The summed E-state index contributed by atoms with van der Waals surface area (Å²) in [5.74, 6) is -0.186. The molecule has 0 amide bonds. The van der Waals surface area contributed by atoms with Crippen LogP contribution < -0.4 is 4.74 Å². The summed E-state index contributed by atoms with van der Waals surface area (Å²) in [6, 6.07) is 13.3. The van der Waals surface area contributed by atoms with Gasteiger partial charge in [0.05, 0.1) is 5.56 Å². The van der Waals surface area contributed by atoms with Crippen LogP contribution in [0.3, 0.4) is 0 Å². The summed E-state index contributed by atoms with van der Waals surface area (Å²) >= 11 is 0. The van der Waals surface area contributed by atoms with Crippen LogP contribution in [0, 0.1) is 0 Å². The number of carbonyl (C=O) groups is 1. The number of aromatic carboxylic acids is 1. The number of carboxylic acids is 1. The van der Waals surface area contributed by atoms with Gasteiger partial charge in [-0.2, -0.15) is 0 Å². The van der Waals surface area contributed by atoms with E-state index in [2.05, 4.69) is 35.1 Å². The van der Waals surface area contributed by atoms with Crippen molar-refractivity contribution in [2.75, 3.05) is 39.8 Å². The molecule has 140 valence electrons. The molecule has 2 aromatic rings. The number of carboxylic acid groups (broad SMARTS) is 1. The van der Waals surface area contributed by atoms with Crippen LogP contribution in [0.5, 0.6) is 5.75 Å². The zero-order valence-electron chi connectivity index (χ0n) is 15.5. The van der Waals surface area contributed by atoms with Gasteiger partial charge in [0.2, 0.25) is 0 Å². The Morgan fingerprint density at radius 2 is 1.89 bits per heavy atom. The first kappa shape index (κ1) is 17.8. The number of hydrogen-bond acceptors (Lipinski definition) is 4. The summed E-state index contributed by atoms with van der Waals surface area (Å²) in [4.78, 5) is 16.3. The summed E-state index contributed by atoms with van der Waals surface area (Å²) in [6.45, 7) is 5.56. The molecule has 0 bridgehead atoms. The molecule has 1 saturated heterocycles. The molecular weight excluding hydrogens is 340 g/mol. The van der Waals surface area contributed by atoms with Crippen LogP contribution in [0.25, 0.3) is 5.57 Å². The highest BCUT2D eigenvalue weighted by molar-refractivity contribution is 5.92. The standard InChI is InChI=1S/C22H24N2O3/c1-23-10-12-24(13-11-23)9-8-19-18-5-3-2-4-17(18)15-27-21-7-6-16(22(25)26)14-20(19)21/h2-8,14H,9-13,15H2,1H3,(H,25,26)/b19-8-. The second-order valence-electron chi connectivity index (χ2n) is 7.18. The van der Waals surface area contributed by atoms with Gasteiger partial charge in [0.1, 0.15) is 12.4 Å². The molecule has 0 saturated carbocycles. The molecule has 27 heavy (non-hydrogen) atoms. The highest BCUT2D eigenvalue weighted by Gasteiger charge is 2.21. The van der Waals surface area contributed by atoms with E-state index in [-0.39, 0.29) is 5.56 Å². The summed E-state index contributed by atoms with van der Waals surface area (Å²) in [7, 11) is 2.15. The Hall–Kier alpha value is -2.63. The van der Waals surface area contributed by atoms with Gasteiger partial charge in [-0.3, -0.25) is 4.90 Å². The average Bonchev–Trinajstić information content (AvgIpc) is 2.84. The fourth-order valence-electron chi connectivity index (χ4n) is 3.68. The van der Waals surface area contributed by atoms with Gasteiger partial charge in [-0.05, 0) is 41.9 Å². The molecule has 0 unspecified atom stereocenters. The third-order valence-electron chi connectivity index (χ3n) is 5.36.